The number of benzene rings is 2. The largest absolute Gasteiger partial charge is 0.417 e. The van der Waals surface area contributed by atoms with Crippen LogP contribution in [-0.2, 0) is 11.3 Å². The number of rotatable bonds is 3. The number of hydrazone groups is 1. The van der Waals surface area contributed by atoms with E-state index in [1.54, 1.807) is 24.2 Å². The quantitative estimate of drug-likeness (QED) is 0.678. The molecule has 5 rings (SSSR count). The van der Waals surface area contributed by atoms with Gasteiger partial charge < -0.3 is 0 Å². The van der Waals surface area contributed by atoms with Crippen molar-refractivity contribution in [3.05, 3.63) is 70.5 Å². The zero-order valence-electron chi connectivity index (χ0n) is 18.9. The minimum Gasteiger partial charge on any atom is -0.270 e. The Labute approximate surface area is 190 Å². The van der Waals surface area contributed by atoms with Crippen LogP contribution in [-0.4, -0.2) is 75.5 Å². The molecule has 0 aromatic heterocycles. The van der Waals surface area contributed by atoms with Crippen molar-refractivity contribution in [1.29, 1.82) is 0 Å². The van der Waals surface area contributed by atoms with Crippen molar-refractivity contribution in [1.82, 2.24) is 14.8 Å². The molecule has 8 nitrogen and oxygen atoms in total. The summed E-state index contributed by atoms with van der Waals surface area (Å²) in [6.45, 7) is 4.82. The molecule has 168 valence electrons. The molecule has 3 aliphatic rings. The molecule has 9 heteroatoms. The van der Waals surface area contributed by atoms with E-state index in [0.717, 1.165) is 27.2 Å². The fraction of sp³-hybridized carbons (Fsp3) is 0.292. The van der Waals surface area contributed by atoms with Gasteiger partial charge >= 0.3 is 12.0 Å². The molecule has 1 fully saturated rings. The van der Waals surface area contributed by atoms with E-state index in [1.165, 1.54) is 24.1 Å². The van der Waals surface area contributed by atoms with Gasteiger partial charge in [0.05, 0.1) is 0 Å². The SMILES string of the molecule is Cc1ccc(C)c(CN2N=C(c3ccc(F)cc3)C[N+]3=C2N=C2C3C(=O)N(C)C(=O)N2C)c1. The lowest BCUT2D eigenvalue weighted by Gasteiger charge is -2.32. The first-order valence-corrected chi connectivity index (χ1v) is 10.7. The number of likely N-dealkylation sites (N-methyl/N-ethyl adjacent to an activating group) is 2. The number of carbonyl (C=O) groups is 2. The van der Waals surface area contributed by atoms with Gasteiger partial charge in [-0.1, -0.05) is 40.9 Å². The highest BCUT2D eigenvalue weighted by Crippen LogP contribution is 2.25. The molecule has 0 N–H and O–H groups in total. The Bertz CT molecular complexity index is 1280. The minimum absolute atomic E-state index is 0.309. The van der Waals surface area contributed by atoms with Crippen LogP contribution in [0.3, 0.4) is 0 Å². The molecule has 1 saturated heterocycles. The number of nitrogens with zero attached hydrogens (tertiary/aromatic N) is 6. The van der Waals surface area contributed by atoms with Gasteiger partial charge in [-0.05, 0) is 37.1 Å². The van der Waals surface area contributed by atoms with Gasteiger partial charge in [-0.25, -0.2) is 13.8 Å². The van der Waals surface area contributed by atoms with Crippen LogP contribution in [0.5, 0.6) is 0 Å². The molecule has 33 heavy (non-hydrogen) atoms. The van der Waals surface area contributed by atoms with Crippen molar-refractivity contribution >= 4 is 29.4 Å². The van der Waals surface area contributed by atoms with Gasteiger partial charge in [-0.15, -0.1) is 10.1 Å². The first kappa shape index (κ1) is 21.0. The van der Waals surface area contributed by atoms with Crippen molar-refractivity contribution in [2.75, 3.05) is 20.6 Å². The second-order valence-corrected chi connectivity index (χ2v) is 8.58. The molecule has 0 radical (unpaired) electrons. The average molecular weight is 447 g/mol. The first-order valence-electron chi connectivity index (χ1n) is 10.7. The summed E-state index contributed by atoms with van der Waals surface area (Å²) in [6.07, 6.45) is 0. The molecule has 3 amide bonds. The van der Waals surface area contributed by atoms with Gasteiger partial charge in [0.25, 0.3) is 5.91 Å². The van der Waals surface area contributed by atoms with Gasteiger partial charge in [0.2, 0.25) is 11.9 Å². The molecule has 2 aromatic carbocycles. The second-order valence-electron chi connectivity index (χ2n) is 8.58. The Kier molecular flexibility index (Phi) is 4.84. The average Bonchev–Trinajstić information content (AvgIpc) is 3.19. The topological polar surface area (TPSA) is 71.6 Å². The van der Waals surface area contributed by atoms with Gasteiger partial charge in [0, 0.05) is 19.7 Å². The van der Waals surface area contributed by atoms with E-state index in [-0.39, 0.29) is 11.7 Å². The number of aliphatic imine (C=N–C) groups is 1. The number of amides is 3. The number of imide groups is 1. The Morgan fingerprint density at radius 1 is 1.06 bits per heavy atom. The van der Waals surface area contributed by atoms with Crippen molar-refractivity contribution in [2.24, 2.45) is 10.1 Å². The zero-order chi connectivity index (χ0) is 23.4. The van der Waals surface area contributed by atoms with Gasteiger partial charge in [-0.3, -0.25) is 14.6 Å². The third-order valence-electron chi connectivity index (χ3n) is 6.30. The third-order valence-corrected chi connectivity index (χ3v) is 6.30. The van der Waals surface area contributed by atoms with Crippen LogP contribution in [0.25, 0.3) is 0 Å². The van der Waals surface area contributed by atoms with Gasteiger partial charge in [-0.2, -0.15) is 0 Å². The summed E-state index contributed by atoms with van der Waals surface area (Å²) in [5.74, 6) is 0.245. The van der Waals surface area contributed by atoms with Crippen LogP contribution in [0, 0.1) is 19.7 Å². The molecule has 0 bridgehead atoms. The summed E-state index contributed by atoms with van der Waals surface area (Å²) in [6, 6.07) is 11.2. The van der Waals surface area contributed by atoms with Crippen molar-refractivity contribution in [3.63, 3.8) is 0 Å². The molecular weight excluding hydrogens is 423 g/mol. The molecular formula is C24H24FN6O2+. The summed E-state index contributed by atoms with van der Waals surface area (Å²) >= 11 is 0. The number of halogens is 1. The molecule has 2 aromatic rings. The monoisotopic (exact) mass is 447 g/mol. The predicted molar refractivity (Wildman–Crippen MR) is 122 cm³/mol. The lowest BCUT2D eigenvalue weighted by atomic mass is 10.1. The fourth-order valence-electron chi connectivity index (χ4n) is 4.37. The summed E-state index contributed by atoms with van der Waals surface area (Å²) in [7, 11) is 3.09. The van der Waals surface area contributed by atoms with Crippen molar-refractivity contribution < 1.29 is 18.6 Å². The maximum absolute atomic E-state index is 13.5. The Morgan fingerprint density at radius 3 is 2.52 bits per heavy atom. The maximum Gasteiger partial charge on any atom is 0.417 e. The predicted octanol–water partition coefficient (Wildman–Crippen LogP) is 2.34. The summed E-state index contributed by atoms with van der Waals surface area (Å²) < 4.78 is 15.4. The molecule has 0 spiro atoms. The van der Waals surface area contributed by atoms with E-state index in [0.29, 0.717) is 30.6 Å². The highest BCUT2D eigenvalue weighted by atomic mass is 19.1. The number of amidine groups is 1. The molecule has 0 saturated carbocycles. The summed E-state index contributed by atoms with van der Waals surface area (Å²) in [4.78, 5) is 32.8. The second kappa shape index (κ2) is 7.61. The first-order chi connectivity index (χ1) is 15.7. The number of urea groups is 1. The Morgan fingerprint density at radius 2 is 1.79 bits per heavy atom. The van der Waals surface area contributed by atoms with Gasteiger partial charge in [0.15, 0.2) is 0 Å². The van der Waals surface area contributed by atoms with E-state index in [9.17, 15) is 14.0 Å². The minimum atomic E-state index is -0.722. The smallest absolute Gasteiger partial charge is 0.270 e. The standard InChI is InChI=1S/C24H24FN6O2/c1-14-5-6-15(2)17(11-14)12-31-23-26-21-20(22(32)29(4)24(33)28(21)3)30(23)13-19(27-31)16-7-9-18(25)10-8-16/h5-11,20H,12-13H2,1-4H3/q+1. The highest BCUT2D eigenvalue weighted by molar-refractivity contribution is 6.23. The van der Waals surface area contributed by atoms with Crippen molar-refractivity contribution in [3.8, 4) is 0 Å². The lowest BCUT2D eigenvalue weighted by molar-refractivity contribution is -0.527. The zero-order valence-corrected chi connectivity index (χ0v) is 18.9. The van der Waals surface area contributed by atoms with Crippen LogP contribution >= 0.6 is 0 Å². The Hall–Kier alpha value is -3.88. The third kappa shape index (κ3) is 3.40. The molecule has 3 aliphatic heterocycles. The van der Waals surface area contributed by atoms with E-state index in [4.69, 9.17) is 10.1 Å². The van der Waals surface area contributed by atoms with Gasteiger partial charge in [0.1, 0.15) is 24.6 Å². The number of hydrogen-bond donors (Lipinski definition) is 0. The maximum atomic E-state index is 13.5. The summed E-state index contributed by atoms with van der Waals surface area (Å²) in [5.41, 5.74) is 4.77. The van der Waals surface area contributed by atoms with Crippen LogP contribution in [0.15, 0.2) is 52.6 Å². The lowest BCUT2D eigenvalue weighted by Crippen LogP contribution is -2.62. The van der Waals surface area contributed by atoms with Crippen LogP contribution in [0.1, 0.15) is 22.3 Å². The summed E-state index contributed by atoms with van der Waals surface area (Å²) in [5, 5.41) is 6.61. The number of carbonyl (C=O) groups excluding carboxylic acids is 2. The molecule has 3 heterocycles. The Balaban J connectivity index is 1.61. The highest BCUT2D eigenvalue weighted by Gasteiger charge is 2.54. The molecule has 0 aliphatic carbocycles. The number of hydrogen-bond acceptors (Lipinski definition) is 5. The molecule has 1 atom stereocenters. The van der Waals surface area contributed by atoms with Crippen molar-refractivity contribution in [2.45, 2.75) is 26.4 Å². The number of guanidine groups is 1. The van der Waals surface area contributed by atoms with E-state index >= 15 is 0 Å². The van der Waals surface area contributed by atoms with Crippen LogP contribution in [0.4, 0.5) is 9.18 Å². The normalized spacial score (nSPS) is 20.2. The van der Waals surface area contributed by atoms with E-state index in [2.05, 4.69) is 18.2 Å². The van der Waals surface area contributed by atoms with Crippen LogP contribution < -0.4 is 0 Å². The van der Waals surface area contributed by atoms with E-state index in [1.807, 2.05) is 18.4 Å². The van der Waals surface area contributed by atoms with Crippen LogP contribution in [0.2, 0.25) is 0 Å². The fourth-order valence-corrected chi connectivity index (χ4v) is 4.37. The number of aryl methyl sites for hydroxylation is 2. The van der Waals surface area contributed by atoms with E-state index < -0.39 is 12.1 Å². The molecule has 1 unspecified atom stereocenters. The number of fused-ring (bicyclic) bond motifs is 2.